The first-order valence-electron chi connectivity index (χ1n) is 14.0. The van der Waals surface area contributed by atoms with E-state index in [0.717, 1.165) is 47.9 Å². The van der Waals surface area contributed by atoms with E-state index >= 15 is 0 Å². The van der Waals surface area contributed by atoms with Gasteiger partial charge in [0.2, 0.25) is 0 Å². The summed E-state index contributed by atoms with van der Waals surface area (Å²) in [7, 11) is 0. The Labute approximate surface area is 227 Å². The Kier molecular flexibility index (Phi) is 10.1. The second kappa shape index (κ2) is 14.2. The van der Waals surface area contributed by atoms with Gasteiger partial charge >= 0.3 is 6.16 Å². The van der Waals surface area contributed by atoms with Crippen molar-refractivity contribution in [1.82, 2.24) is 0 Å². The van der Waals surface area contributed by atoms with Crippen LogP contribution in [0.2, 0.25) is 0 Å². The van der Waals surface area contributed by atoms with Gasteiger partial charge in [0.05, 0.1) is 0 Å². The van der Waals surface area contributed by atoms with Crippen molar-refractivity contribution in [2.75, 3.05) is 0 Å². The molecule has 3 nitrogen and oxygen atoms in total. The van der Waals surface area contributed by atoms with Crippen molar-refractivity contribution in [2.45, 2.75) is 65.2 Å². The van der Waals surface area contributed by atoms with Gasteiger partial charge in [0, 0.05) is 11.1 Å². The van der Waals surface area contributed by atoms with E-state index in [1.165, 1.54) is 36.8 Å². The van der Waals surface area contributed by atoms with Crippen molar-refractivity contribution >= 4 is 6.16 Å². The van der Waals surface area contributed by atoms with Gasteiger partial charge in [0.1, 0.15) is 11.5 Å². The molecule has 4 rings (SSSR count). The van der Waals surface area contributed by atoms with Crippen LogP contribution in [-0.4, -0.2) is 6.16 Å². The molecule has 0 aliphatic heterocycles. The summed E-state index contributed by atoms with van der Waals surface area (Å²) in [5.41, 5.74) is 6.49. The fourth-order valence-electron chi connectivity index (χ4n) is 4.89. The number of hydrogen-bond donors (Lipinski definition) is 0. The summed E-state index contributed by atoms with van der Waals surface area (Å²) in [5.74, 6) is 0.996. The third kappa shape index (κ3) is 7.13. The molecule has 0 amide bonds. The monoisotopic (exact) mass is 506 g/mol. The second-order valence-electron chi connectivity index (χ2n) is 9.67. The molecule has 0 spiro atoms. The van der Waals surface area contributed by atoms with E-state index < -0.39 is 6.16 Å². The molecule has 0 aromatic heterocycles. The fourth-order valence-corrected chi connectivity index (χ4v) is 4.89. The van der Waals surface area contributed by atoms with E-state index in [1.54, 1.807) is 0 Å². The average molecular weight is 507 g/mol. The minimum absolute atomic E-state index is 0.498. The van der Waals surface area contributed by atoms with E-state index in [0.29, 0.717) is 11.5 Å². The molecule has 4 aromatic rings. The molecular formula is C35H38O3. The van der Waals surface area contributed by atoms with Crippen molar-refractivity contribution in [3.63, 3.8) is 0 Å². The van der Waals surface area contributed by atoms with Gasteiger partial charge in [-0.05, 0) is 60.1 Å². The number of unbranched alkanes of at least 4 members (excludes halogenated alkanes) is 4. The van der Waals surface area contributed by atoms with Crippen LogP contribution >= 0.6 is 0 Å². The summed E-state index contributed by atoms with van der Waals surface area (Å²) in [4.78, 5) is 13.1. The lowest BCUT2D eigenvalue weighted by molar-refractivity contribution is 0.152. The molecule has 0 unspecified atom stereocenters. The molecule has 3 heteroatoms. The van der Waals surface area contributed by atoms with Gasteiger partial charge in [-0.15, -0.1) is 0 Å². The SMILES string of the molecule is CCCCCc1ccccc1-c1ccccc1OC(=O)Oc1ccccc1-c1ccccc1CCCCC. The third-order valence-electron chi connectivity index (χ3n) is 6.88. The number of carbonyl (C=O) groups excluding carboxylic acids is 1. The molecule has 0 bridgehead atoms. The normalized spacial score (nSPS) is 10.8. The number of carbonyl (C=O) groups is 1. The molecule has 196 valence electrons. The Morgan fingerprint density at radius 1 is 0.500 bits per heavy atom. The Morgan fingerprint density at radius 3 is 1.29 bits per heavy atom. The lowest BCUT2D eigenvalue weighted by Gasteiger charge is -2.16. The summed E-state index contributed by atoms with van der Waals surface area (Å²) >= 11 is 0. The first-order chi connectivity index (χ1) is 18.7. The highest BCUT2D eigenvalue weighted by Gasteiger charge is 2.17. The number of ether oxygens (including phenoxy) is 2. The highest BCUT2D eigenvalue weighted by Crippen LogP contribution is 2.35. The maximum atomic E-state index is 13.1. The number of rotatable bonds is 12. The van der Waals surface area contributed by atoms with E-state index in [1.807, 2.05) is 60.7 Å². The Bertz CT molecular complexity index is 1220. The quantitative estimate of drug-likeness (QED) is 0.109. The summed E-state index contributed by atoms with van der Waals surface area (Å²) in [6, 6.07) is 32.1. The zero-order valence-electron chi connectivity index (χ0n) is 22.6. The molecular weight excluding hydrogens is 468 g/mol. The van der Waals surface area contributed by atoms with Gasteiger partial charge in [-0.3, -0.25) is 0 Å². The fraction of sp³-hybridized carbons (Fsp3) is 0.286. The van der Waals surface area contributed by atoms with Crippen LogP contribution in [0.5, 0.6) is 11.5 Å². The summed E-state index contributed by atoms with van der Waals surface area (Å²) in [5, 5.41) is 0. The molecule has 0 saturated heterocycles. The molecule has 0 saturated carbocycles. The lowest BCUT2D eigenvalue weighted by Crippen LogP contribution is -2.15. The molecule has 0 aliphatic rings. The minimum atomic E-state index is -0.739. The van der Waals surface area contributed by atoms with E-state index in [-0.39, 0.29) is 0 Å². The minimum Gasteiger partial charge on any atom is -0.394 e. The Balaban J connectivity index is 1.56. The average Bonchev–Trinajstić information content (AvgIpc) is 2.95. The number of benzene rings is 4. The van der Waals surface area contributed by atoms with Gasteiger partial charge in [-0.2, -0.15) is 0 Å². The zero-order chi connectivity index (χ0) is 26.6. The molecule has 0 fully saturated rings. The molecule has 0 N–H and O–H groups in total. The Hall–Kier alpha value is -3.85. The predicted molar refractivity (Wildman–Crippen MR) is 157 cm³/mol. The molecule has 0 heterocycles. The van der Waals surface area contributed by atoms with Crippen LogP contribution in [0, 0.1) is 0 Å². The van der Waals surface area contributed by atoms with Gasteiger partial charge in [0.15, 0.2) is 0 Å². The van der Waals surface area contributed by atoms with Crippen molar-refractivity contribution in [1.29, 1.82) is 0 Å². The standard InChI is InChI=1S/C35H38O3/c1-3-5-7-17-27-19-9-11-21-29(27)31-23-13-15-25-33(31)37-35(36)38-34-26-16-14-24-32(34)30-22-12-10-20-28(30)18-8-6-4-2/h9-16,19-26H,3-8,17-18H2,1-2H3. The van der Waals surface area contributed by atoms with E-state index in [4.69, 9.17) is 9.47 Å². The number of hydrogen-bond acceptors (Lipinski definition) is 3. The zero-order valence-corrected chi connectivity index (χ0v) is 22.6. The largest absolute Gasteiger partial charge is 0.519 e. The maximum Gasteiger partial charge on any atom is 0.519 e. The van der Waals surface area contributed by atoms with Crippen LogP contribution < -0.4 is 9.47 Å². The van der Waals surface area contributed by atoms with Gasteiger partial charge < -0.3 is 9.47 Å². The first-order valence-corrected chi connectivity index (χ1v) is 14.0. The second-order valence-corrected chi connectivity index (χ2v) is 9.67. The van der Waals surface area contributed by atoms with Crippen molar-refractivity contribution in [3.8, 4) is 33.8 Å². The molecule has 38 heavy (non-hydrogen) atoms. The van der Waals surface area contributed by atoms with Crippen molar-refractivity contribution in [3.05, 3.63) is 108 Å². The highest BCUT2D eigenvalue weighted by molar-refractivity contribution is 5.80. The highest BCUT2D eigenvalue weighted by atomic mass is 16.7. The summed E-state index contributed by atoms with van der Waals surface area (Å²) < 4.78 is 11.6. The van der Waals surface area contributed by atoms with Gasteiger partial charge in [-0.25, -0.2) is 4.79 Å². The topological polar surface area (TPSA) is 35.5 Å². The van der Waals surface area contributed by atoms with Crippen LogP contribution in [0.4, 0.5) is 4.79 Å². The van der Waals surface area contributed by atoms with Crippen LogP contribution in [-0.2, 0) is 12.8 Å². The molecule has 4 aromatic carbocycles. The van der Waals surface area contributed by atoms with Crippen LogP contribution in [0.25, 0.3) is 22.3 Å². The van der Waals surface area contributed by atoms with Crippen LogP contribution in [0.1, 0.15) is 63.5 Å². The van der Waals surface area contributed by atoms with Crippen molar-refractivity contribution in [2.24, 2.45) is 0 Å². The lowest BCUT2D eigenvalue weighted by atomic mass is 9.95. The molecule has 0 atom stereocenters. The van der Waals surface area contributed by atoms with E-state index in [9.17, 15) is 4.79 Å². The van der Waals surface area contributed by atoms with Gasteiger partial charge in [-0.1, -0.05) is 124 Å². The van der Waals surface area contributed by atoms with Gasteiger partial charge in [0.25, 0.3) is 0 Å². The number of aryl methyl sites for hydroxylation is 2. The number of para-hydroxylation sites is 2. The first kappa shape index (κ1) is 27.2. The summed E-state index contributed by atoms with van der Waals surface area (Å²) in [6.07, 6.45) is 8.26. The predicted octanol–water partition coefficient (Wildman–Crippen LogP) is 10.1. The smallest absolute Gasteiger partial charge is 0.394 e. The van der Waals surface area contributed by atoms with E-state index in [2.05, 4.69) is 50.2 Å². The Morgan fingerprint density at radius 2 is 0.868 bits per heavy atom. The molecule has 0 radical (unpaired) electrons. The maximum absolute atomic E-state index is 13.1. The van der Waals surface area contributed by atoms with Crippen molar-refractivity contribution < 1.29 is 14.3 Å². The van der Waals surface area contributed by atoms with Crippen LogP contribution in [0.15, 0.2) is 97.1 Å². The van der Waals surface area contributed by atoms with Crippen LogP contribution in [0.3, 0.4) is 0 Å². The summed E-state index contributed by atoms with van der Waals surface area (Å²) in [6.45, 7) is 4.42. The third-order valence-corrected chi connectivity index (χ3v) is 6.88. The molecule has 0 aliphatic carbocycles.